The molecule has 0 unspecified atom stereocenters. The second-order valence-electron chi connectivity index (χ2n) is 13.0. The molecular formula is C43H36Cl4N6O2S. The van der Waals surface area contributed by atoms with Crippen molar-refractivity contribution in [3.8, 4) is 11.8 Å². The fourth-order valence-electron chi connectivity index (χ4n) is 6.02. The number of benzene rings is 5. The number of nitrogens with zero attached hydrogens (tertiary/aromatic N) is 4. The van der Waals surface area contributed by atoms with Gasteiger partial charge in [0.2, 0.25) is 5.91 Å². The molecule has 1 atom stereocenters. The summed E-state index contributed by atoms with van der Waals surface area (Å²) in [6.45, 7) is 1.52. The maximum absolute atomic E-state index is 13.9. The van der Waals surface area contributed by atoms with E-state index in [4.69, 9.17) is 63.4 Å². The van der Waals surface area contributed by atoms with Crippen LogP contribution in [0.1, 0.15) is 33.5 Å². The second-order valence-corrected chi connectivity index (χ2v) is 15.0. The third-order valence-electron chi connectivity index (χ3n) is 8.89. The molecule has 284 valence electrons. The van der Waals surface area contributed by atoms with Crippen LogP contribution in [0.4, 0.5) is 5.69 Å². The molecule has 0 aliphatic carbocycles. The van der Waals surface area contributed by atoms with E-state index in [0.29, 0.717) is 62.6 Å². The standard InChI is InChI=1S/C43H36Cl4N6O2S/c44-34-15-18-40(39(46)20-34)51-43(56)52(25-33-7-4-8-38(45)42(33)47)26-35(19-29-13-16-37(17-14-29)55-27-32-5-2-1-3-6-32)50-41(54)21-36-23-49-28-53(36)24-31-11-9-30(22-48)10-12-31/h1-18,20,23,28,35H,19,21,24-27H2,(H,50,54)(H,51,56)/t35-/m0/s1. The summed E-state index contributed by atoms with van der Waals surface area (Å²) in [5.74, 6) is 0.538. The van der Waals surface area contributed by atoms with Crippen LogP contribution < -0.4 is 15.4 Å². The highest BCUT2D eigenvalue weighted by Gasteiger charge is 2.23. The smallest absolute Gasteiger partial charge is 0.226 e. The molecule has 13 heteroatoms. The molecule has 0 spiro atoms. The Kier molecular flexibility index (Phi) is 14.3. The summed E-state index contributed by atoms with van der Waals surface area (Å²) in [6, 6.07) is 37.4. The van der Waals surface area contributed by atoms with Crippen LogP contribution >= 0.6 is 58.6 Å². The molecule has 1 amide bonds. The third kappa shape index (κ3) is 11.5. The SMILES string of the molecule is N#Cc1ccc(Cn2cncc2CC(=O)N[C@@H](Cc2ccc(OCc3ccccc3)cc2)CN(Cc2cccc(Cl)c2Cl)C(=S)Nc2ccc(Cl)cc2Cl)cc1. The molecule has 6 aromatic rings. The number of thiocarbonyl (C=S) groups is 1. The molecule has 0 saturated heterocycles. The van der Waals surface area contributed by atoms with Gasteiger partial charge in [-0.15, -0.1) is 0 Å². The van der Waals surface area contributed by atoms with Gasteiger partial charge in [-0.25, -0.2) is 4.98 Å². The lowest BCUT2D eigenvalue weighted by Gasteiger charge is -2.31. The molecule has 0 aliphatic heterocycles. The molecule has 0 fully saturated rings. The number of hydrogen-bond donors (Lipinski definition) is 2. The quantitative estimate of drug-likeness (QED) is 0.0995. The second kappa shape index (κ2) is 19.7. The summed E-state index contributed by atoms with van der Waals surface area (Å²) in [6.07, 6.45) is 3.94. The Hall–Kier alpha value is -5.08. The van der Waals surface area contributed by atoms with Crippen molar-refractivity contribution < 1.29 is 9.53 Å². The van der Waals surface area contributed by atoms with E-state index < -0.39 is 6.04 Å². The maximum atomic E-state index is 13.9. The van der Waals surface area contributed by atoms with E-state index in [1.54, 1.807) is 48.9 Å². The van der Waals surface area contributed by atoms with Crippen molar-refractivity contribution >= 4 is 75.3 Å². The van der Waals surface area contributed by atoms with Crippen LogP contribution in [0.25, 0.3) is 0 Å². The largest absolute Gasteiger partial charge is 0.489 e. The molecule has 6 rings (SSSR count). The lowest BCUT2D eigenvalue weighted by molar-refractivity contribution is -0.121. The van der Waals surface area contributed by atoms with Gasteiger partial charge in [0, 0.05) is 36.5 Å². The first-order valence-corrected chi connectivity index (χ1v) is 19.5. The first kappa shape index (κ1) is 40.6. The van der Waals surface area contributed by atoms with Gasteiger partial charge in [0.05, 0.1) is 51.2 Å². The summed E-state index contributed by atoms with van der Waals surface area (Å²) in [4.78, 5) is 20.2. The van der Waals surface area contributed by atoms with Crippen LogP contribution in [0.15, 0.2) is 128 Å². The Morgan fingerprint density at radius 3 is 2.36 bits per heavy atom. The number of hydrogen-bond acceptors (Lipinski definition) is 5. The molecule has 0 saturated carbocycles. The molecule has 0 bridgehead atoms. The van der Waals surface area contributed by atoms with E-state index in [9.17, 15) is 10.1 Å². The van der Waals surface area contributed by atoms with Crippen LogP contribution in [0.3, 0.4) is 0 Å². The van der Waals surface area contributed by atoms with Gasteiger partial charge in [0.1, 0.15) is 12.4 Å². The molecule has 1 heterocycles. The van der Waals surface area contributed by atoms with Crippen LogP contribution in [-0.2, 0) is 37.3 Å². The highest BCUT2D eigenvalue weighted by molar-refractivity contribution is 7.80. The minimum absolute atomic E-state index is 0.0856. The van der Waals surface area contributed by atoms with Crippen molar-refractivity contribution in [2.75, 3.05) is 11.9 Å². The number of carbonyl (C=O) groups is 1. The molecule has 5 aromatic carbocycles. The Bertz CT molecular complexity index is 2310. The fourth-order valence-corrected chi connectivity index (χ4v) is 7.10. The van der Waals surface area contributed by atoms with Gasteiger partial charge in [-0.2, -0.15) is 5.26 Å². The summed E-state index contributed by atoms with van der Waals surface area (Å²) in [7, 11) is 0. The van der Waals surface area contributed by atoms with Gasteiger partial charge in [-0.3, -0.25) is 4.79 Å². The topological polar surface area (TPSA) is 95.2 Å². The van der Waals surface area contributed by atoms with Gasteiger partial charge in [-0.1, -0.05) is 113 Å². The summed E-state index contributed by atoms with van der Waals surface area (Å²) < 4.78 is 7.95. The van der Waals surface area contributed by atoms with Crippen LogP contribution in [0.2, 0.25) is 20.1 Å². The molecular weight excluding hydrogens is 806 g/mol. The van der Waals surface area contributed by atoms with E-state index in [-0.39, 0.29) is 18.9 Å². The van der Waals surface area contributed by atoms with Crippen molar-refractivity contribution in [2.24, 2.45) is 0 Å². The number of amides is 1. The first-order chi connectivity index (χ1) is 27.1. The van der Waals surface area contributed by atoms with Crippen molar-refractivity contribution in [1.82, 2.24) is 19.8 Å². The van der Waals surface area contributed by atoms with Gasteiger partial charge >= 0.3 is 0 Å². The molecule has 8 nitrogen and oxygen atoms in total. The zero-order valence-electron chi connectivity index (χ0n) is 30.0. The molecule has 1 aromatic heterocycles. The average molecular weight is 843 g/mol. The number of halogens is 4. The normalized spacial score (nSPS) is 11.3. The lowest BCUT2D eigenvalue weighted by Crippen LogP contribution is -2.48. The van der Waals surface area contributed by atoms with E-state index in [1.165, 1.54) is 0 Å². The monoisotopic (exact) mass is 840 g/mol. The third-order valence-corrected chi connectivity index (χ3v) is 10.7. The molecule has 56 heavy (non-hydrogen) atoms. The Labute approximate surface area is 351 Å². The number of carbonyl (C=O) groups excluding carboxylic acids is 1. The number of ether oxygens (including phenoxy) is 1. The number of rotatable bonds is 15. The van der Waals surface area contributed by atoms with Crippen LogP contribution in [0.5, 0.6) is 5.75 Å². The Morgan fingerprint density at radius 2 is 1.62 bits per heavy atom. The highest BCUT2D eigenvalue weighted by Crippen LogP contribution is 2.29. The van der Waals surface area contributed by atoms with E-state index >= 15 is 0 Å². The van der Waals surface area contributed by atoms with Gasteiger partial charge < -0.3 is 24.8 Å². The lowest BCUT2D eigenvalue weighted by atomic mass is 10.0. The number of nitrogens with one attached hydrogen (secondary N) is 2. The van der Waals surface area contributed by atoms with E-state index in [0.717, 1.165) is 33.7 Å². The molecule has 2 N–H and O–H groups in total. The van der Waals surface area contributed by atoms with Crippen molar-refractivity contribution in [3.63, 3.8) is 0 Å². The highest BCUT2D eigenvalue weighted by atomic mass is 35.5. The number of nitriles is 1. The van der Waals surface area contributed by atoms with Crippen molar-refractivity contribution in [2.45, 2.75) is 38.6 Å². The minimum Gasteiger partial charge on any atom is -0.489 e. The number of imidazole rings is 1. The summed E-state index contributed by atoms with van der Waals surface area (Å²) in [5, 5.41) is 17.8. The predicted octanol–water partition coefficient (Wildman–Crippen LogP) is 10.2. The Morgan fingerprint density at radius 1 is 0.875 bits per heavy atom. The number of anilines is 1. The average Bonchev–Trinajstić information content (AvgIpc) is 3.63. The molecule has 0 aliphatic rings. The van der Waals surface area contributed by atoms with E-state index in [1.807, 2.05) is 88.3 Å². The van der Waals surface area contributed by atoms with E-state index in [2.05, 4.69) is 21.7 Å². The zero-order chi connectivity index (χ0) is 39.4. The maximum Gasteiger partial charge on any atom is 0.226 e. The summed E-state index contributed by atoms with van der Waals surface area (Å²) in [5.41, 5.74) is 5.68. The van der Waals surface area contributed by atoms with Gasteiger partial charge in [-0.05, 0) is 89.4 Å². The van der Waals surface area contributed by atoms with Crippen molar-refractivity contribution in [3.05, 3.63) is 181 Å². The Balaban J connectivity index is 1.24. The summed E-state index contributed by atoms with van der Waals surface area (Å²) >= 11 is 31.8. The van der Waals surface area contributed by atoms with Gasteiger partial charge in [0.15, 0.2) is 5.11 Å². The fraction of sp³-hybridized carbons (Fsp3) is 0.163. The zero-order valence-corrected chi connectivity index (χ0v) is 33.8. The van der Waals surface area contributed by atoms with Crippen LogP contribution in [0, 0.1) is 11.3 Å². The van der Waals surface area contributed by atoms with Crippen molar-refractivity contribution in [1.29, 1.82) is 5.26 Å². The predicted molar refractivity (Wildman–Crippen MR) is 229 cm³/mol. The minimum atomic E-state index is -0.424. The van der Waals surface area contributed by atoms with Gasteiger partial charge in [0.25, 0.3) is 0 Å². The first-order valence-electron chi connectivity index (χ1n) is 17.6. The molecule has 0 radical (unpaired) electrons. The number of aromatic nitrogens is 2. The van der Waals surface area contributed by atoms with Crippen LogP contribution in [-0.4, -0.2) is 38.1 Å².